The predicted octanol–water partition coefficient (Wildman–Crippen LogP) is 4.06. The second-order valence-corrected chi connectivity index (χ2v) is 8.89. The smallest absolute Gasteiger partial charge is 0.224 e. The minimum absolute atomic E-state index is 0.0816. The molecule has 1 saturated heterocycles. The molecule has 4 nitrogen and oxygen atoms in total. The quantitative estimate of drug-likeness (QED) is 0.627. The average molecular weight is 420 g/mol. The monoisotopic (exact) mass is 419 g/mol. The van der Waals surface area contributed by atoms with Gasteiger partial charge in [-0.3, -0.25) is 9.69 Å². The van der Waals surface area contributed by atoms with Crippen LogP contribution in [0.25, 0.3) is 11.1 Å². The standard InChI is InChI=1S/C25H29N3OS/c1-27-13-15-28(16-14-27)23(24-8-5-17-30-24)19-26-25(29)18-20-9-11-22(12-10-20)21-6-3-2-4-7-21/h2-12,17,23H,13-16,18-19H2,1H3,(H,26,29)/t23-/m0/s1. The number of carbonyl (C=O) groups excluding carboxylic acids is 1. The van der Waals surface area contributed by atoms with Crippen molar-refractivity contribution in [3.8, 4) is 11.1 Å². The number of nitrogens with zero attached hydrogens (tertiary/aromatic N) is 2. The van der Waals surface area contributed by atoms with Crippen LogP contribution in [0.1, 0.15) is 16.5 Å². The molecule has 2 aromatic carbocycles. The highest BCUT2D eigenvalue weighted by Crippen LogP contribution is 2.25. The fourth-order valence-electron chi connectivity index (χ4n) is 3.93. The number of amides is 1. The first-order valence-corrected chi connectivity index (χ1v) is 11.4. The maximum atomic E-state index is 12.6. The molecule has 0 aliphatic carbocycles. The molecule has 0 saturated carbocycles. The van der Waals surface area contributed by atoms with E-state index in [1.807, 2.05) is 18.2 Å². The van der Waals surface area contributed by atoms with E-state index in [1.54, 1.807) is 11.3 Å². The van der Waals surface area contributed by atoms with Crippen LogP contribution >= 0.6 is 11.3 Å². The molecule has 3 aromatic rings. The van der Waals surface area contributed by atoms with Gasteiger partial charge in [0.05, 0.1) is 12.5 Å². The highest BCUT2D eigenvalue weighted by atomic mass is 32.1. The molecule has 0 unspecified atom stereocenters. The maximum Gasteiger partial charge on any atom is 0.224 e. The van der Waals surface area contributed by atoms with E-state index in [2.05, 4.69) is 76.1 Å². The molecular weight excluding hydrogens is 390 g/mol. The molecule has 2 heterocycles. The summed E-state index contributed by atoms with van der Waals surface area (Å²) in [5.74, 6) is 0.0816. The van der Waals surface area contributed by atoms with Crippen LogP contribution in [0.2, 0.25) is 0 Å². The SMILES string of the molecule is CN1CCN([C@@H](CNC(=O)Cc2ccc(-c3ccccc3)cc2)c2cccs2)CC1. The Morgan fingerprint density at radius 3 is 2.30 bits per heavy atom. The van der Waals surface area contributed by atoms with Crippen molar-refractivity contribution in [3.63, 3.8) is 0 Å². The van der Waals surface area contributed by atoms with Crippen LogP contribution in [0, 0.1) is 0 Å². The highest BCUT2D eigenvalue weighted by molar-refractivity contribution is 7.10. The summed E-state index contributed by atoms with van der Waals surface area (Å²) in [5.41, 5.74) is 3.41. The third kappa shape index (κ3) is 5.36. The first kappa shape index (κ1) is 20.8. The Labute approximate surface area is 183 Å². The van der Waals surface area contributed by atoms with Gasteiger partial charge in [-0.15, -0.1) is 11.3 Å². The van der Waals surface area contributed by atoms with Crippen LogP contribution < -0.4 is 5.32 Å². The van der Waals surface area contributed by atoms with Crippen molar-refractivity contribution in [1.82, 2.24) is 15.1 Å². The normalized spacial score (nSPS) is 16.3. The molecule has 0 spiro atoms. The fraction of sp³-hybridized carbons (Fsp3) is 0.320. The summed E-state index contributed by atoms with van der Waals surface area (Å²) in [5, 5.41) is 5.31. The van der Waals surface area contributed by atoms with Crippen LogP contribution in [0.4, 0.5) is 0 Å². The van der Waals surface area contributed by atoms with E-state index in [-0.39, 0.29) is 11.9 Å². The summed E-state index contributed by atoms with van der Waals surface area (Å²) in [4.78, 5) is 18.8. The van der Waals surface area contributed by atoms with Crippen molar-refractivity contribution >= 4 is 17.2 Å². The zero-order valence-corrected chi connectivity index (χ0v) is 18.3. The molecule has 4 rings (SSSR count). The van der Waals surface area contributed by atoms with E-state index in [0.29, 0.717) is 13.0 Å². The van der Waals surface area contributed by atoms with Crippen LogP contribution in [0.15, 0.2) is 72.1 Å². The summed E-state index contributed by atoms with van der Waals surface area (Å²) in [6, 6.07) is 23.1. The molecule has 1 atom stereocenters. The first-order chi connectivity index (χ1) is 14.7. The first-order valence-electron chi connectivity index (χ1n) is 10.6. The van der Waals surface area contributed by atoms with Gasteiger partial charge in [0.25, 0.3) is 0 Å². The van der Waals surface area contributed by atoms with Crippen molar-refractivity contribution in [3.05, 3.63) is 82.6 Å². The zero-order chi connectivity index (χ0) is 20.8. The second kappa shape index (κ2) is 10.0. The van der Waals surface area contributed by atoms with Crippen LogP contribution in [-0.2, 0) is 11.2 Å². The van der Waals surface area contributed by atoms with E-state index in [1.165, 1.54) is 16.0 Å². The van der Waals surface area contributed by atoms with E-state index in [0.717, 1.165) is 31.7 Å². The number of carbonyl (C=O) groups is 1. The predicted molar refractivity (Wildman–Crippen MR) is 125 cm³/mol. The number of thiophene rings is 1. The molecule has 1 amide bonds. The van der Waals surface area contributed by atoms with Crippen LogP contribution in [0.5, 0.6) is 0 Å². The lowest BCUT2D eigenvalue weighted by Gasteiger charge is -2.37. The molecule has 156 valence electrons. The number of likely N-dealkylation sites (N-methyl/N-ethyl adjacent to an activating group) is 1. The Hall–Kier alpha value is -2.47. The van der Waals surface area contributed by atoms with Gasteiger partial charge in [-0.05, 0) is 35.2 Å². The van der Waals surface area contributed by atoms with Gasteiger partial charge in [-0.25, -0.2) is 0 Å². The Balaban J connectivity index is 1.34. The molecule has 1 fully saturated rings. The van der Waals surface area contributed by atoms with Gasteiger partial charge < -0.3 is 10.2 Å². The zero-order valence-electron chi connectivity index (χ0n) is 17.5. The van der Waals surface area contributed by atoms with Gasteiger partial charge in [0.15, 0.2) is 0 Å². The summed E-state index contributed by atoms with van der Waals surface area (Å²) >= 11 is 1.77. The molecule has 5 heteroatoms. The van der Waals surface area contributed by atoms with Gasteiger partial charge in [0, 0.05) is 37.6 Å². The van der Waals surface area contributed by atoms with Gasteiger partial charge in [-0.1, -0.05) is 60.7 Å². The van der Waals surface area contributed by atoms with E-state index in [9.17, 15) is 4.79 Å². The average Bonchev–Trinajstić information content (AvgIpc) is 3.31. The molecule has 30 heavy (non-hydrogen) atoms. The molecule has 1 aliphatic heterocycles. The van der Waals surface area contributed by atoms with Gasteiger partial charge in [0.1, 0.15) is 0 Å². The Bertz CT molecular complexity index is 917. The summed E-state index contributed by atoms with van der Waals surface area (Å²) < 4.78 is 0. The lowest BCUT2D eigenvalue weighted by Crippen LogP contribution is -2.48. The largest absolute Gasteiger partial charge is 0.354 e. The molecule has 1 N–H and O–H groups in total. The molecule has 0 bridgehead atoms. The molecule has 1 aliphatic rings. The highest BCUT2D eigenvalue weighted by Gasteiger charge is 2.25. The van der Waals surface area contributed by atoms with Crippen LogP contribution in [0.3, 0.4) is 0 Å². The number of piperazine rings is 1. The van der Waals surface area contributed by atoms with E-state index < -0.39 is 0 Å². The number of hydrogen-bond donors (Lipinski definition) is 1. The maximum absolute atomic E-state index is 12.6. The Kier molecular flexibility index (Phi) is 6.95. The minimum atomic E-state index is 0.0816. The molecular formula is C25H29N3OS. The fourth-order valence-corrected chi connectivity index (χ4v) is 4.79. The number of nitrogens with one attached hydrogen (secondary N) is 1. The van der Waals surface area contributed by atoms with E-state index in [4.69, 9.17) is 0 Å². The third-order valence-corrected chi connectivity index (χ3v) is 6.74. The van der Waals surface area contributed by atoms with Gasteiger partial charge in [0.2, 0.25) is 5.91 Å². The van der Waals surface area contributed by atoms with Gasteiger partial charge in [-0.2, -0.15) is 0 Å². The van der Waals surface area contributed by atoms with Crippen molar-refractivity contribution in [1.29, 1.82) is 0 Å². The number of benzene rings is 2. The number of hydrogen-bond acceptors (Lipinski definition) is 4. The summed E-state index contributed by atoms with van der Waals surface area (Å²) in [6.45, 7) is 4.88. The summed E-state index contributed by atoms with van der Waals surface area (Å²) in [7, 11) is 2.17. The Morgan fingerprint density at radius 2 is 1.63 bits per heavy atom. The van der Waals surface area contributed by atoms with Crippen molar-refractivity contribution in [2.45, 2.75) is 12.5 Å². The number of rotatable bonds is 7. The van der Waals surface area contributed by atoms with Gasteiger partial charge >= 0.3 is 0 Å². The molecule has 0 radical (unpaired) electrons. The minimum Gasteiger partial charge on any atom is -0.354 e. The third-order valence-electron chi connectivity index (χ3n) is 5.77. The molecule has 1 aromatic heterocycles. The Morgan fingerprint density at radius 1 is 0.933 bits per heavy atom. The lowest BCUT2D eigenvalue weighted by molar-refractivity contribution is -0.120. The second-order valence-electron chi connectivity index (χ2n) is 7.91. The van der Waals surface area contributed by atoms with Crippen molar-refractivity contribution < 1.29 is 4.79 Å². The summed E-state index contributed by atoms with van der Waals surface area (Å²) in [6.07, 6.45) is 0.412. The lowest BCUT2D eigenvalue weighted by atomic mass is 10.0. The topological polar surface area (TPSA) is 35.6 Å². The van der Waals surface area contributed by atoms with E-state index >= 15 is 0 Å². The van der Waals surface area contributed by atoms with Crippen LogP contribution in [-0.4, -0.2) is 55.5 Å². The van der Waals surface area contributed by atoms with Crippen molar-refractivity contribution in [2.24, 2.45) is 0 Å². The van der Waals surface area contributed by atoms with Crippen molar-refractivity contribution in [2.75, 3.05) is 39.8 Å².